The number of carbonyl (C=O) groups is 3. The highest BCUT2D eigenvalue weighted by atomic mass is 16.5. The van der Waals surface area contributed by atoms with E-state index in [-0.39, 0.29) is 37.1 Å². The van der Waals surface area contributed by atoms with Gasteiger partial charge in [-0.1, -0.05) is 78.9 Å². The molecule has 4 aromatic rings. The fourth-order valence-electron chi connectivity index (χ4n) is 4.87. The summed E-state index contributed by atoms with van der Waals surface area (Å²) in [5, 5.41) is 14.7. The molecule has 0 fully saturated rings. The van der Waals surface area contributed by atoms with Gasteiger partial charge in [-0.15, -0.1) is 0 Å². The first kappa shape index (κ1) is 28.4. The predicted molar refractivity (Wildman–Crippen MR) is 154 cm³/mol. The monoisotopic (exact) mass is 566 g/mol. The van der Waals surface area contributed by atoms with E-state index < -0.39 is 30.1 Å². The van der Waals surface area contributed by atoms with Crippen molar-refractivity contribution in [3.63, 3.8) is 0 Å². The van der Waals surface area contributed by atoms with Gasteiger partial charge in [0.25, 0.3) is 5.91 Å². The van der Waals surface area contributed by atoms with E-state index in [0.29, 0.717) is 0 Å². The molecule has 10 nitrogen and oxygen atoms in total. The number of amides is 2. The zero-order chi connectivity index (χ0) is 29.5. The maximum atomic E-state index is 12.7. The third kappa shape index (κ3) is 6.61. The number of carboxylic acid groups (broad SMARTS) is 1. The van der Waals surface area contributed by atoms with Crippen LogP contribution in [0.3, 0.4) is 0 Å². The lowest BCUT2D eigenvalue weighted by Gasteiger charge is -2.22. The third-order valence-corrected chi connectivity index (χ3v) is 7.08. The van der Waals surface area contributed by atoms with Crippen LogP contribution >= 0.6 is 0 Å². The van der Waals surface area contributed by atoms with Gasteiger partial charge in [-0.05, 0) is 34.7 Å². The van der Waals surface area contributed by atoms with Gasteiger partial charge in [-0.2, -0.15) is 0 Å². The molecule has 1 aliphatic rings. The molecule has 0 saturated heterocycles. The molecule has 1 heterocycles. The van der Waals surface area contributed by atoms with Gasteiger partial charge >= 0.3 is 12.1 Å². The maximum absolute atomic E-state index is 12.7. The number of aromatic nitrogens is 2. The van der Waals surface area contributed by atoms with Crippen molar-refractivity contribution in [3.8, 4) is 11.1 Å². The normalized spacial score (nSPS) is 13.4. The van der Waals surface area contributed by atoms with Crippen LogP contribution in [0.2, 0.25) is 0 Å². The fraction of sp³-hybridized carbons (Fsp3) is 0.219. The molecule has 10 heteroatoms. The summed E-state index contributed by atoms with van der Waals surface area (Å²) in [6, 6.07) is 24.2. The number of benzene rings is 3. The molecule has 0 spiro atoms. The molecule has 2 atom stereocenters. The van der Waals surface area contributed by atoms with E-state index in [0.717, 1.165) is 27.8 Å². The molecule has 1 aromatic heterocycles. The Morgan fingerprint density at radius 2 is 1.48 bits per heavy atom. The number of alkyl carbamates (subject to hydrolysis) is 1. The summed E-state index contributed by atoms with van der Waals surface area (Å²) in [6.45, 7) is 1.95. The molecule has 0 bridgehead atoms. The SMILES string of the molecule is C[C@@H](OCc1ccccc1)[C@H](NC(=O)c1cnc(CNC(=O)OCC2c3ccccc3-c3ccccc32)nc1)C(=O)O. The summed E-state index contributed by atoms with van der Waals surface area (Å²) in [7, 11) is 0. The van der Waals surface area contributed by atoms with E-state index in [2.05, 4.69) is 32.7 Å². The Balaban J connectivity index is 1.11. The van der Waals surface area contributed by atoms with E-state index in [9.17, 15) is 19.5 Å². The number of hydrogen-bond donors (Lipinski definition) is 3. The first-order valence-corrected chi connectivity index (χ1v) is 13.5. The highest BCUT2D eigenvalue weighted by Crippen LogP contribution is 2.44. The van der Waals surface area contributed by atoms with Gasteiger partial charge in [0.2, 0.25) is 0 Å². The number of aliphatic carboxylic acids is 1. The zero-order valence-electron chi connectivity index (χ0n) is 22.9. The largest absolute Gasteiger partial charge is 0.480 e. The molecule has 3 aromatic carbocycles. The molecule has 0 saturated carbocycles. The van der Waals surface area contributed by atoms with Gasteiger partial charge in [-0.25, -0.2) is 19.6 Å². The second kappa shape index (κ2) is 13.0. The lowest BCUT2D eigenvalue weighted by Crippen LogP contribution is -2.48. The van der Waals surface area contributed by atoms with E-state index in [1.165, 1.54) is 12.4 Å². The summed E-state index contributed by atoms with van der Waals surface area (Å²) in [4.78, 5) is 45.2. The molecule has 0 radical (unpaired) electrons. The Kier molecular flexibility index (Phi) is 8.84. The summed E-state index contributed by atoms with van der Waals surface area (Å²) in [5.74, 6) is -1.69. The Morgan fingerprint density at radius 1 is 0.881 bits per heavy atom. The van der Waals surface area contributed by atoms with E-state index in [1.807, 2.05) is 66.7 Å². The Morgan fingerprint density at radius 3 is 2.10 bits per heavy atom. The highest BCUT2D eigenvalue weighted by Gasteiger charge is 2.30. The average Bonchev–Trinajstić information content (AvgIpc) is 3.34. The number of hydrogen-bond acceptors (Lipinski definition) is 7. The van der Waals surface area contributed by atoms with Crippen LogP contribution in [0.25, 0.3) is 11.1 Å². The molecule has 0 unspecified atom stereocenters. The maximum Gasteiger partial charge on any atom is 0.407 e. The Hall–Kier alpha value is -5.09. The summed E-state index contributed by atoms with van der Waals surface area (Å²) in [6.07, 6.45) is 1.13. The van der Waals surface area contributed by atoms with Crippen molar-refractivity contribution >= 4 is 18.0 Å². The molecule has 42 heavy (non-hydrogen) atoms. The number of fused-ring (bicyclic) bond motifs is 3. The number of ether oxygens (including phenoxy) is 2. The summed E-state index contributed by atoms with van der Waals surface area (Å²) < 4.78 is 11.2. The first-order valence-electron chi connectivity index (χ1n) is 13.5. The number of carbonyl (C=O) groups excluding carboxylic acids is 2. The van der Waals surface area contributed by atoms with Gasteiger partial charge < -0.3 is 25.2 Å². The molecule has 3 N–H and O–H groups in total. The fourth-order valence-corrected chi connectivity index (χ4v) is 4.87. The number of nitrogens with zero attached hydrogens (tertiary/aromatic N) is 2. The zero-order valence-corrected chi connectivity index (χ0v) is 22.9. The van der Waals surface area contributed by atoms with Crippen molar-refractivity contribution in [2.45, 2.75) is 38.1 Å². The standard InChI is InChI=1S/C32H30N4O6/c1-20(41-18-21-9-3-2-4-10-21)29(31(38)39)36-30(37)22-15-33-28(34-16-22)17-35-32(40)42-19-27-25-13-7-5-11-23(25)24-12-6-8-14-26(24)27/h2-16,20,27,29H,17-19H2,1H3,(H,35,40)(H,36,37)(H,38,39)/t20-,29+/m1/s1. The van der Waals surface area contributed by atoms with Crippen LogP contribution in [-0.2, 0) is 27.4 Å². The molecular formula is C32H30N4O6. The first-order chi connectivity index (χ1) is 20.4. The van der Waals surface area contributed by atoms with Crippen LogP contribution in [0.15, 0.2) is 91.3 Å². The van der Waals surface area contributed by atoms with Crippen molar-refractivity contribution < 1.29 is 29.0 Å². The average molecular weight is 567 g/mol. The van der Waals surface area contributed by atoms with E-state index in [4.69, 9.17) is 9.47 Å². The second-order valence-electron chi connectivity index (χ2n) is 9.86. The molecule has 214 valence electrons. The predicted octanol–water partition coefficient (Wildman–Crippen LogP) is 4.30. The lowest BCUT2D eigenvalue weighted by atomic mass is 9.98. The Bertz CT molecular complexity index is 1520. The van der Waals surface area contributed by atoms with Gasteiger partial charge in [0, 0.05) is 18.3 Å². The van der Waals surface area contributed by atoms with Crippen LogP contribution < -0.4 is 10.6 Å². The lowest BCUT2D eigenvalue weighted by molar-refractivity contribution is -0.143. The molecule has 0 aliphatic heterocycles. The number of carboxylic acids is 1. The number of rotatable bonds is 11. The molecule has 5 rings (SSSR count). The smallest absolute Gasteiger partial charge is 0.407 e. The molecule has 2 amide bonds. The van der Waals surface area contributed by atoms with Gasteiger partial charge in [-0.3, -0.25) is 4.79 Å². The summed E-state index contributed by atoms with van der Waals surface area (Å²) >= 11 is 0. The van der Waals surface area contributed by atoms with Crippen molar-refractivity contribution in [2.75, 3.05) is 6.61 Å². The van der Waals surface area contributed by atoms with Crippen LogP contribution in [0, 0.1) is 0 Å². The van der Waals surface area contributed by atoms with Crippen molar-refractivity contribution in [2.24, 2.45) is 0 Å². The minimum absolute atomic E-state index is 0.0132. The highest BCUT2D eigenvalue weighted by molar-refractivity contribution is 5.96. The topological polar surface area (TPSA) is 140 Å². The number of nitrogens with one attached hydrogen (secondary N) is 2. The van der Waals surface area contributed by atoms with Gasteiger partial charge in [0.15, 0.2) is 6.04 Å². The van der Waals surface area contributed by atoms with Crippen molar-refractivity contribution in [3.05, 3.63) is 119 Å². The van der Waals surface area contributed by atoms with Crippen LogP contribution in [-0.4, -0.2) is 51.8 Å². The van der Waals surface area contributed by atoms with Crippen molar-refractivity contribution in [1.82, 2.24) is 20.6 Å². The minimum Gasteiger partial charge on any atom is -0.480 e. The molecular weight excluding hydrogens is 536 g/mol. The molecule has 1 aliphatic carbocycles. The third-order valence-electron chi connectivity index (χ3n) is 7.08. The van der Waals surface area contributed by atoms with Gasteiger partial charge in [0.05, 0.1) is 24.8 Å². The van der Waals surface area contributed by atoms with Crippen LogP contribution in [0.4, 0.5) is 4.79 Å². The van der Waals surface area contributed by atoms with Gasteiger partial charge in [0.1, 0.15) is 12.4 Å². The Labute approximate surface area is 242 Å². The van der Waals surface area contributed by atoms with Crippen molar-refractivity contribution in [1.29, 1.82) is 0 Å². The van der Waals surface area contributed by atoms with Crippen LogP contribution in [0.5, 0.6) is 0 Å². The van der Waals surface area contributed by atoms with E-state index in [1.54, 1.807) is 6.92 Å². The summed E-state index contributed by atoms with van der Waals surface area (Å²) in [5.41, 5.74) is 5.47. The van der Waals surface area contributed by atoms with Crippen LogP contribution in [0.1, 0.15) is 45.7 Å². The quantitative estimate of drug-likeness (QED) is 0.244. The van der Waals surface area contributed by atoms with E-state index >= 15 is 0 Å². The second-order valence-corrected chi connectivity index (χ2v) is 9.86. The minimum atomic E-state index is -1.28.